The van der Waals surface area contributed by atoms with Gasteiger partial charge in [0.05, 0.1) is 22.5 Å². The number of imidazole rings is 1. The van der Waals surface area contributed by atoms with Crippen LogP contribution in [0.25, 0.3) is 0 Å². The molecule has 4 rings (SSSR count). The van der Waals surface area contributed by atoms with E-state index in [-0.39, 0.29) is 0 Å². The molecule has 1 saturated heterocycles. The first-order valence-corrected chi connectivity index (χ1v) is 8.99. The number of hydrogen-bond donors (Lipinski definition) is 0. The van der Waals surface area contributed by atoms with Crippen molar-refractivity contribution >= 4 is 11.6 Å². The minimum Gasteiger partial charge on any atom is -0.334 e. The third-order valence-corrected chi connectivity index (χ3v) is 5.45. The number of hydrogen-bond acceptors (Lipinski definition) is 3. The molecule has 1 aliphatic heterocycles. The highest BCUT2D eigenvalue weighted by molar-refractivity contribution is 6.30. The van der Waals surface area contributed by atoms with E-state index in [2.05, 4.69) is 21.5 Å². The van der Waals surface area contributed by atoms with E-state index in [0.29, 0.717) is 11.1 Å². The molecule has 4 nitrogen and oxygen atoms in total. The summed E-state index contributed by atoms with van der Waals surface area (Å²) in [6.45, 7) is 1.99. The lowest BCUT2D eigenvalue weighted by Gasteiger charge is -2.24. The fourth-order valence-electron chi connectivity index (χ4n) is 4.02. The van der Waals surface area contributed by atoms with Crippen LogP contribution in [0.2, 0.25) is 5.02 Å². The third-order valence-electron chi connectivity index (χ3n) is 5.22. The Morgan fingerprint density at radius 2 is 2.09 bits per heavy atom. The Kier molecular flexibility index (Phi) is 4.12. The number of rotatable bonds is 3. The smallest absolute Gasteiger partial charge is 0.126 e. The van der Waals surface area contributed by atoms with Gasteiger partial charge in [-0.2, -0.15) is 0 Å². The predicted molar refractivity (Wildman–Crippen MR) is 91.5 cm³/mol. The standard InChI is InChI=1S/C18H23ClN4/c1-22-16-6-3-2-5-15(16)21-18(22)17-7-4-10-23(17)12-14-9-8-13(19)11-20-14/h8-9,11,17H,2-7,10,12H2,1H3/t17-/m1/s1. The highest BCUT2D eigenvalue weighted by atomic mass is 35.5. The van der Waals surface area contributed by atoms with Crippen molar-refractivity contribution in [2.24, 2.45) is 7.05 Å². The maximum absolute atomic E-state index is 5.94. The summed E-state index contributed by atoms with van der Waals surface area (Å²) in [5.41, 5.74) is 3.88. The van der Waals surface area contributed by atoms with E-state index >= 15 is 0 Å². The van der Waals surface area contributed by atoms with Crippen molar-refractivity contribution in [2.45, 2.75) is 51.1 Å². The van der Waals surface area contributed by atoms with Crippen LogP contribution in [0, 0.1) is 0 Å². The summed E-state index contributed by atoms with van der Waals surface area (Å²) in [4.78, 5) is 12.0. The van der Waals surface area contributed by atoms with Gasteiger partial charge in [-0.25, -0.2) is 4.98 Å². The average Bonchev–Trinajstić information content (AvgIpc) is 3.14. The molecule has 0 radical (unpaired) electrons. The second kappa shape index (κ2) is 6.25. The van der Waals surface area contributed by atoms with Gasteiger partial charge in [-0.3, -0.25) is 9.88 Å². The molecule has 5 heteroatoms. The first kappa shape index (κ1) is 15.2. The van der Waals surface area contributed by atoms with Crippen LogP contribution in [0.4, 0.5) is 0 Å². The maximum Gasteiger partial charge on any atom is 0.126 e. The first-order chi connectivity index (χ1) is 11.2. The van der Waals surface area contributed by atoms with Crippen LogP contribution in [0.5, 0.6) is 0 Å². The molecule has 0 amide bonds. The van der Waals surface area contributed by atoms with Crippen molar-refractivity contribution in [1.29, 1.82) is 0 Å². The molecule has 0 aromatic carbocycles. The topological polar surface area (TPSA) is 34.0 Å². The van der Waals surface area contributed by atoms with E-state index in [0.717, 1.165) is 25.2 Å². The Morgan fingerprint density at radius 1 is 1.22 bits per heavy atom. The van der Waals surface area contributed by atoms with Gasteiger partial charge in [-0.1, -0.05) is 11.6 Å². The summed E-state index contributed by atoms with van der Waals surface area (Å²) in [6, 6.07) is 4.37. The summed E-state index contributed by atoms with van der Waals surface area (Å²) in [7, 11) is 2.20. The number of fused-ring (bicyclic) bond motifs is 1. The molecule has 1 aliphatic carbocycles. The van der Waals surface area contributed by atoms with Gasteiger partial charge in [0, 0.05) is 25.5 Å². The predicted octanol–water partition coefficient (Wildman–Crippen LogP) is 3.68. The molecule has 0 saturated carbocycles. The van der Waals surface area contributed by atoms with E-state index < -0.39 is 0 Å². The Labute approximate surface area is 142 Å². The van der Waals surface area contributed by atoms with Gasteiger partial charge < -0.3 is 4.57 Å². The van der Waals surface area contributed by atoms with Crippen LogP contribution in [0.3, 0.4) is 0 Å². The molecular weight excluding hydrogens is 308 g/mol. The zero-order valence-electron chi connectivity index (χ0n) is 13.6. The summed E-state index contributed by atoms with van der Waals surface area (Å²) >= 11 is 5.94. The van der Waals surface area contributed by atoms with Crippen LogP contribution in [-0.2, 0) is 26.4 Å². The molecule has 0 spiro atoms. The number of likely N-dealkylation sites (tertiary alicyclic amines) is 1. The summed E-state index contributed by atoms with van der Waals surface area (Å²) < 4.78 is 2.37. The monoisotopic (exact) mass is 330 g/mol. The number of nitrogens with zero attached hydrogens (tertiary/aromatic N) is 4. The summed E-state index contributed by atoms with van der Waals surface area (Å²) in [6.07, 6.45) is 9.08. The van der Waals surface area contributed by atoms with E-state index in [1.54, 1.807) is 6.20 Å². The molecule has 1 fully saturated rings. The number of aryl methyl sites for hydroxylation is 1. The first-order valence-electron chi connectivity index (χ1n) is 8.61. The van der Waals surface area contributed by atoms with Crippen LogP contribution in [-0.4, -0.2) is 26.0 Å². The SMILES string of the molecule is Cn1c([C@H]2CCCN2Cc2ccc(Cl)cn2)nc2c1CCCC2. The van der Waals surface area contributed by atoms with Gasteiger partial charge in [-0.15, -0.1) is 0 Å². The molecular formula is C18H23ClN4. The van der Waals surface area contributed by atoms with E-state index in [4.69, 9.17) is 16.6 Å². The van der Waals surface area contributed by atoms with Crippen molar-refractivity contribution in [1.82, 2.24) is 19.4 Å². The molecule has 3 heterocycles. The Bertz CT molecular complexity index is 692. The molecule has 122 valence electrons. The fourth-order valence-corrected chi connectivity index (χ4v) is 4.13. The molecule has 2 aliphatic rings. The quantitative estimate of drug-likeness (QED) is 0.860. The lowest BCUT2D eigenvalue weighted by molar-refractivity contribution is 0.233. The summed E-state index contributed by atoms with van der Waals surface area (Å²) in [5.74, 6) is 1.25. The van der Waals surface area contributed by atoms with Crippen molar-refractivity contribution in [3.05, 3.63) is 46.3 Å². The molecule has 23 heavy (non-hydrogen) atoms. The lowest BCUT2D eigenvalue weighted by Crippen LogP contribution is -2.25. The zero-order chi connectivity index (χ0) is 15.8. The van der Waals surface area contributed by atoms with Gasteiger partial charge in [0.1, 0.15) is 5.82 Å². The van der Waals surface area contributed by atoms with Gasteiger partial charge in [0.2, 0.25) is 0 Å². The van der Waals surface area contributed by atoms with Gasteiger partial charge in [-0.05, 0) is 57.2 Å². The Morgan fingerprint density at radius 3 is 2.87 bits per heavy atom. The highest BCUT2D eigenvalue weighted by Gasteiger charge is 2.31. The maximum atomic E-state index is 5.94. The number of pyridine rings is 1. The van der Waals surface area contributed by atoms with Gasteiger partial charge in [0.15, 0.2) is 0 Å². The second-order valence-electron chi connectivity index (χ2n) is 6.73. The molecule has 1 atom stereocenters. The second-order valence-corrected chi connectivity index (χ2v) is 7.16. The van der Waals surface area contributed by atoms with E-state index in [1.807, 2.05) is 12.1 Å². The molecule has 0 unspecified atom stereocenters. The average molecular weight is 331 g/mol. The van der Waals surface area contributed by atoms with Gasteiger partial charge >= 0.3 is 0 Å². The largest absolute Gasteiger partial charge is 0.334 e. The van der Waals surface area contributed by atoms with Crippen LogP contribution >= 0.6 is 11.6 Å². The normalized spacial score (nSPS) is 21.6. The van der Waals surface area contributed by atoms with Crippen molar-refractivity contribution in [2.75, 3.05) is 6.54 Å². The Hall–Kier alpha value is -1.39. The minimum absolute atomic E-state index is 0.420. The molecule has 0 bridgehead atoms. The highest BCUT2D eigenvalue weighted by Crippen LogP contribution is 2.34. The lowest BCUT2D eigenvalue weighted by atomic mass is 10.0. The Balaban J connectivity index is 1.58. The van der Waals surface area contributed by atoms with Crippen LogP contribution in [0.1, 0.15) is 54.6 Å². The molecule has 0 N–H and O–H groups in total. The minimum atomic E-state index is 0.420. The van der Waals surface area contributed by atoms with E-state index in [1.165, 1.54) is 49.3 Å². The molecule has 2 aromatic rings. The molecule has 2 aromatic heterocycles. The van der Waals surface area contributed by atoms with Crippen molar-refractivity contribution in [3.63, 3.8) is 0 Å². The third kappa shape index (κ3) is 2.90. The van der Waals surface area contributed by atoms with Crippen molar-refractivity contribution in [3.8, 4) is 0 Å². The number of halogens is 1. The van der Waals surface area contributed by atoms with E-state index in [9.17, 15) is 0 Å². The van der Waals surface area contributed by atoms with Crippen LogP contribution in [0.15, 0.2) is 18.3 Å². The van der Waals surface area contributed by atoms with Crippen LogP contribution < -0.4 is 0 Å². The summed E-state index contributed by atoms with van der Waals surface area (Å²) in [5, 5.41) is 0.698. The fraction of sp³-hybridized carbons (Fsp3) is 0.556. The van der Waals surface area contributed by atoms with Gasteiger partial charge in [0.25, 0.3) is 0 Å². The number of aromatic nitrogens is 3. The van der Waals surface area contributed by atoms with Crippen molar-refractivity contribution < 1.29 is 0 Å². The zero-order valence-corrected chi connectivity index (χ0v) is 14.4.